The Morgan fingerprint density at radius 2 is 1.13 bits per heavy atom. The van der Waals surface area contributed by atoms with Gasteiger partial charge in [0.2, 0.25) is 0 Å². The Kier molecular flexibility index (Phi) is 7.51. The van der Waals surface area contributed by atoms with Crippen LogP contribution in [0.1, 0.15) is 42.4 Å². The van der Waals surface area contributed by atoms with Crippen molar-refractivity contribution in [3.8, 4) is 0 Å². The molecule has 0 aromatic heterocycles. The van der Waals surface area contributed by atoms with Crippen LogP contribution in [-0.4, -0.2) is 16.9 Å². The highest BCUT2D eigenvalue weighted by molar-refractivity contribution is 5.72. The van der Waals surface area contributed by atoms with Crippen LogP contribution in [0.4, 0.5) is 0 Å². The molecule has 160 valence electrons. The lowest BCUT2D eigenvalue weighted by molar-refractivity contribution is -0.151. The van der Waals surface area contributed by atoms with Gasteiger partial charge in [-0.3, -0.25) is 9.69 Å². The average Bonchev–Trinajstić information content (AvgIpc) is 2.84. The average molecular weight is 414 g/mol. The summed E-state index contributed by atoms with van der Waals surface area (Å²) in [5.41, 5.74) is 3.71. The summed E-state index contributed by atoms with van der Waals surface area (Å²) in [5.74, 6) is -0.0183. The third-order valence-electron chi connectivity index (χ3n) is 6.23. The molecule has 0 amide bonds. The third-order valence-corrected chi connectivity index (χ3v) is 6.23. The molecule has 31 heavy (non-hydrogen) atoms. The first-order valence-corrected chi connectivity index (χ1v) is 11.3. The normalized spacial score (nSPS) is 18.6. The molecule has 3 nitrogen and oxygen atoms in total. The second kappa shape index (κ2) is 10.9. The van der Waals surface area contributed by atoms with Crippen LogP contribution in [0.15, 0.2) is 91.0 Å². The molecule has 0 aliphatic heterocycles. The van der Waals surface area contributed by atoms with Crippen LogP contribution in [0, 0.1) is 5.92 Å². The number of carbonyl (C=O) groups excluding carboxylic acids is 1. The minimum absolute atomic E-state index is 0.0234. The molecule has 0 radical (unpaired) electrons. The molecule has 1 saturated carbocycles. The molecule has 0 bridgehead atoms. The Balaban J connectivity index is 1.34. The molecule has 0 unspecified atom stereocenters. The van der Waals surface area contributed by atoms with Crippen molar-refractivity contribution < 1.29 is 9.53 Å². The molecule has 3 heteroatoms. The molecule has 0 N–H and O–H groups in total. The Morgan fingerprint density at radius 3 is 1.61 bits per heavy atom. The molecule has 1 aliphatic carbocycles. The van der Waals surface area contributed by atoms with E-state index >= 15 is 0 Å². The van der Waals surface area contributed by atoms with E-state index in [4.69, 9.17) is 4.74 Å². The fourth-order valence-corrected chi connectivity index (χ4v) is 4.47. The quantitative estimate of drug-likeness (QED) is 0.425. The summed E-state index contributed by atoms with van der Waals surface area (Å²) < 4.78 is 5.60. The summed E-state index contributed by atoms with van der Waals surface area (Å²) in [4.78, 5) is 15.2. The topological polar surface area (TPSA) is 29.5 Å². The largest absolute Gasteiger partial charge is 0.461 e. The second-order valence-electron chi connectivity index (χ2n) is 8.47. The van der Waals surface area contributed by atoms with E-state index in [-0.39, 0.29) is 11.9 Å². The lowest BCUT2D eigenvalue weighted by Crippen LogP contribution is -2.38. The van der Waals surface area contributed by atoms with Crippen molar-refractivity contribution in [2.24, 2.45) is 5.92 Å². The van der Waals surface area contributed by atoms with Crippen LogP contribution in [0.25, 0.3) is 0 Å². The highest BCUT2D eigenvalue weighted by Crippen LogP contribution is 2.30. The van der Waals surface area contributed by atoms with Gasteiger partial charge in [-0.15, -0.1) is 0 Å². The van der Waals surface area contributed by atoms with Crippen LogP contribution >= 0.6 is 0 Å². The third kappa shape index (κ3) is 6.28. The number of ether oxygens (including phenoxy) is 1. The number of hydrogen-bond acceptors (Lipinski definition) is 3. The van der Waals surface area contributed by atoms with Gasteiger partial charge in [0, 0.05) is 19.1 Å². The number of nitrogens with zero attached hydrogens (tertiary/aromatic N) is 1. The van der Waals surface area contributed by atoms with E-state index < -0.39 is 0 Å². The Morgan fingerprint density at radius 1 is 0.677 bits per heavy atom. The lowest BCUT2D eigenvalue weighted by Gasteiger charge is -2.36. The summed E-state index contributed by atoms with van der Waals surface area (Å²) in [6, 6.07) is 31.8. The van der Waals surface area contributed by atoms with Crippen LogP contribution in [0.2, 0.25) is 0 Å². The van der Waals surface area contributed by atoms with Gasteiger partial charge in [0.25, 0.3) is 0 Å². The van der Waals surface area contributed by atoms with Gasteiger partial charge in [0.1, 0.15) is 6.61 Å². The summed E-state index contributed by atoms with van der Waals surface area (Å²) >= 11 is 0. The van der Waals surface area contributed by atoms with Crippen molar-refractivity contribution in [1.82, 2.24) is 4.90 Å². The molecule has 0 atom stereocenters. The summed E-state index contributed by atoms with van der Waals surface area (Å²) in [5, 5.41) is 0. The van der Waals surface area contributed by atoms with Crippen molar-refractivity contribution in [3.05, 3.63) is 108 Å². The van der Waals surface area contributed by atoms with Gasteiger partial charge in [-0.25, -0.2) is 0 Å². The van der Waals surface area contributed by atoms with Crippen LogP contribution in [0.5, 0.6) is 0 Å². The van der Waals surface area contributed by atoms with Gasteiger partial charge in [0.15, 0.2) is 0 Å². The number of carbonyl (C=O) groups is 1. The van der Waals surface area contributed by atoms with Gasteiger partial charge in [-0.2, -0.15) is 0 Å². The highest BCUT2D eigenvalue weighted by atomic mass is 16.5. The van der Waals surface area contributed by atoms with E-state index in [0.717, 1.165) is 44.3 Å². The molecule has 0 heterocycles. The van der Waals surface area contributed by atoms with Crippen LogP contribution < -0.4 is 0 Å². The first-order chi connectivity index (χ1) is 15.3. The van der Waals surface area contributed by atoms with Gasteiger partial charge in [-0.05, 0) is 42.4 Å². The van der Waals surface area contributed by atoms with E-state index in [9.17, 15) is 4.79 Å². The van der Waals surface area contributed by atoms with E-state index in [1.807, 2.05) is 30.3 Å². The maximum atomic E-state index is 12.6. The van der Waals surface area contributed by atoms with Crippen molar-refractivity contribution in [2.75, 3.05) is 0 Å². The smallest absolute Gasteiger partial charge is 0.309 e. The zero-order valence-corrected chi connectivity index (χ0v) is 18.0. The molecule has 1 aliphatic rings. The molecule has 4 rings (SSSR count). The lowest BCUT2D eigenvalue weighted by atomic mass is 9.85. The Hall–Kier alpha value is -2.91. The van der Waals surface area contributed by atoms with Crippen molar-refractivity contribution in [1.29, 1.82) is 0 Å². The minimum atomic E-state index is -0.0417. The summed E-state index contributed by atoms with van der Waals surface area (Å²) in [7, 11) is 0. The standard InChI is InChI=1S/C28H31NO2/c30-28(31-22-25-14-8-3-9-15-25)26-16-18-27(19-17-26)29(20-23-10-4-1-5-11-23)21-24-12-6-2-7-13-24/h1-15,26-27H,16-22H2. The molecule has 3 aromatic carbocycles. The van der Waals surface area contributed by atoms with Gasteiger partial charge in [0.05, 0.1) is 5.92 Å². The van der Waals surface area contributed by atoms with Crippen molar-refractivity contribution in [2.45, 2.75) is 51.4 Å². The number of benzene rings is 3. The number of rotatable bonds is 8. The summed E-state index contributed by atoms with van der Waals surface area (Å²) in [6.07, 6.45) is 3.87. The first-order valence-electron chi connectivity index (χ1n) is 11.3. The maximum absolute atomic E-state index is 12.6. The van der Waals surface area contributed by atoms with E-state index in [1.165, 1.54) is 11.1 Å². The SMILES string of the molecule is O=C(OCc1ccccc1)C1CCC(N(Cc2ccccc2)Cc2ccccc2)CC1. The molecule has 1 fully saturated rings. The molecular weight excluding hydrogens is 382 g/mol. The second-order valence-corrected chi connectivity index (χ2v) is 8.47. The van der Waals surface area contributed by atoms with Gasteiger partial charge in [-0.1, -0.05) is 91.0 Å². The van der Waals surface area contributed by atoms with E-state index in [2.05, 4.69) is 65.6 Å². The molecule has 3 aromatic rings. The first kappa shape index (κ1) is 21.3. The number of hydrogen-bond donors (Lipinski definition) is 0. The monoisotopic (exact) mass is 413 g/mol. The predicted octanol–water partition coefficient (Wildman–Crippen LogP) is 5.99. The minimum Gasteiger partial charge on any atom is -0.461 e. The van der Waals surface area contributed by atoms with E-state index in [1.54, 1.807) is 0 Å². The maximum Gasteiger partial charge on any atom is 0.309 e. The Bertz CT molecular complexity index is 878. The van der Waals surface area contributed by atoms with Crippen molar-refractivity contribution in [3.63, 3.8) is 0 Å². The van der Waals surface area contributed by atoms with Crippen molar-refractivity contribution >= 4 is 5.97 Å². The molecule has 0 spiro atoms. The Labute approximate surface area is 185 Å². The molecular formula is C28H31NO2. The zero-order valence-electron chi connectivity index (χ0n) is 18.0. The summed E-state index contributed by atoms with van der Waals surface area (Å²) in [6.45, 7) is 2.24. The molecule has 0 saturated heterocycles. The highest BCUT2D eigenvalue weighted by Gasteiger charge is 2.30. The van der Waals surface area contributed by atoms with Crippen LogP contribution in [0.3, 0.4) is 0 Å². The van der Waals surface area contributed by atoms with E-state index in [0.29, 0.717) is 12.6 Å². The zero-order chi connectivity index (χ0) is 21.3. The van der Waals surface area contributed by atoms with Gasteiger partial charge < -0.3 is 4.74 Å². The van der Waals surface area contributed by atoms with Crippen LogP contribution in [-0.2, 0) is 29.2 Å². The fraction of sp³-hybridized carbons (Fsp3) is 0.321. The number of esters is 1. The van der Waals surface area contributed by atoms with Gasteiger partial charge >= 0.3 is 5.97 Å². The predicted molar refractivity (Wildman–Crippen MR) is 124 cm³/mol. The fourth-order valence-electron chi connectivity index (χ4n) is 4.47.